The third kappa shape index (κ3) is 5.71. The first-order valence-corrected chi connectivity index (χ1v) is 8.86. The van der Waals surface area contributed by atoms with E-state index in [0.717, 1.165) is 0 Å². The number of esters is 1. The number of hydrogen-bond donors (Lipinski definition) is 1. The number of halogens is 3. The fourth-order valence-electron chi connectivity index (χ4n) is 2.60. The molecular formula is C19H17ClF2N2O5. The van der Waals surface area contributed by atoms with Crippen LogP contribution in [0.25, 0.3) is 0 Å². The summed E-state index contributed by atoms with van der Waals surface area (Å²) in [6.45, 7) is 3.25. The SMILES string of the molecule is CC(C)OC(=O)CC(NC(=O)c1cc(F)c(F)cc1Cl)c1ccccc1[N+](=O)[O-]. The molecule has 0 aliphatic carbocycles. The molecule has 29 heavy (non-hydrogen) atoms. The van der Waals surface area contributed by atoms with E-state index in [-0.39, 0.29) is 21.8 Å². The van der Waals surface area contributed by atoms with E-state index in [4.69, 9.17) is 16.3 Å². The molecule has 0 spiro atoms. The van der Waals surface area contributed by atoms with Crippen LogP contribution in [0.5, 0.6) is 0 Å². The number of ether oxygens (including phenoxy) is 1. The van der Waals surface area contributed by atoms with Gasteiger partial charge in [-0.05, 0) is 26.0 Å². The van der Waals surface area contributed by atoms with Crippen molar-refractivity contribution in [1.82, 2.24) is 5.32 Å². The van der Waals surface area contributed by atoms with Crippen molar-refractivity contribution in [2.45, 2.75) is 32.4 Å². The van der Waals surface area contributed by atoms with Crippen molar-refractivity contribution in [2.24, 2.45) is 0 Å². The molecule has 0 saturated heterocycles. The molecule has 154 valence electrons. The average Bonchev–Trinajstić information content (AvgIpc) is 2.63. The lowest BCUT2D eigenvalue weighted by Gasteiger charge is -2.20. The van der Waals surface area contributed by atoms with Gasteiger partial charge < -0.3 is 10.1 Å². The van der Waals surface area contributed by atoms with E-state index in [0.29, 0.717) is 12.1 Å². The summed E-state index contributed by atoms with van der Waals surface area (Å²) in [6.07, 6.45) is -0.860. The second-order valence-electron chi connectivity index (χ2n) is 6.33. The van der Waals surface area contributed by atoms with E-state index in [1.807, 2.05) is 0 Å². The largest absolute Gasteiger partial charge is 0.463 e. The third-order valence-electron chi connectivity index (χ3n) is 3.81. The predicted molar refractivity (Wildman–Crippen MR) is 101 cm³/mol. The highest BCUT2D eigenvalue weighted by atomic mass is 35.5. The number of para-hydroxylation sites is 1. The third-order valence-corrected chi connectivity index (χ3v) is 4.12. The van der Waals surface area contributed by atoms with Gasteiger partial charge in [-0.3, -0.25) is 19.7 Å². The Morgan fingerprint density at radius 2 is 1.83 bits per heavy atom. The van der Waals surface area contributed by atoms with Gasteiger partial charge in [-0.2, -0.15) is 0 Å². The highest BCUT2D eigenvalue weighted by Crippen LogP contribution is 2.29. The van der Waals surface area contributed by atoms with Crippen LogP contribution in [0.3, 0.4) is 0 Å². The van der Waals surface area contributed by atoms with Gasteiger partial charge in [0, 0.05) is 6.07 Å². The molecule has 2 aromatic carbocycles. The van der Waals surface area contributed by atoms with Gasteiger partial charge in [0.1, 0.15) is 0 Å². The number of nitro groups is 1. The molecule has 1 atom stereocenters. The monoisotopic (exact) mass is 426 g/mol. The molecule has 1 amide bonds. The maximum Gasteiger partial charge on any atom is 0.308 e. The first kappa shape index (κ1) is 22.2. The predicted octanol–water partition coefficient (Wildman–Crippen LogP) is 4.34. The maximum atomic E-state index is 13.5. The molecule has 0 radical (unpaired) electrons. The van der Waals surface area contributed by atoms with Gasteiger partial charge in [0.25, 0.3) is 11.6 Å². The summed E-state index contributed by atoms with van der Waals surface area (Å²) in [5, 5.41) is 13.4. The fraction of sp³-hybridized carbons (Fsp3) is 0.263. The fourth-order valence-corrected chi connectivity index (χ4v) is 2.83. The number of hydrogen-bond acceptors (Lipinski definition) is 5. The Morgan fingerprint density at radius 3 is 2.45 bits per heavy atom. The lowest BCUT2D eigenvalue weighted by atomic mass is 10.0. The number of benzene rings is 2. The van der Waals surface area contributed by atoms with Crippen LogP contribution in [-0.4, -0.2) is 22.9 Å². The maximum absolute atomic E-state index is 13.5. The smallest absolute Gasteiger partial charge is 0.308 e. The molecule has 7 nitrogen and oxygen atoms in total. The zero-order valence-corrected chi connectivity index (χ0v) is 16.2. The lowest BCUT2D eigenvalue weighted by molar-refractivity contribution is -0.385. The number of rotatable bonds is 7. The van der Waals surface area contributed by atoms with E-state index < -0.39 is 47.0 Å². The van der Waals surface area contributed by atoms with Crippen molar-refractivity contribution in [2.75, 3.05) is 0 Å². The van der Waals surface area contributed by atoms with E-state index in [1.54, 1.807) is 13.8 Å². The van der Waals surface area contributed by atoms with Crippen LogP contribution < -0.4 is 5.32 Å². The van der Waals surface area contributed by atoms with E-state index in [1.165, 1.54) is 24.3 Å². The summed E-state index contributed by atoms with van der Waals surface area (Å²) >= 11 is 5.81. The van der Waals surface area contributed by atoms with Crippen molar-refractivity contribution in [3.63, 3.8) is 0 Å². The molecule has 0 heterocycles. The minimum absolute atomic E-state index is 0.0465. The molecule has 0 bridgehead atoms. The van der Waals surface area contributed by atoms with Crippen LogP contribution in [0.2, 0.25) is 5.02 Å². The lowest BCUT2D eigenvalue weighted by Crippen LogP contribution is -2.32. The van der Waals surface area contributed by atoms with Crippen molar-refractivity contribution >= 4 is 29.2 Å². The van der Waals surface area contributed by atoms with E-state index in [2.05, 4.69) is 5.32 Å². The first-order chi connectivity index (χ1) is 13.6. The van der Waals surface area contributed by atoms with Gasteiger partial charge in [-0.1, -0.05) is 29.8 Å². The molecule has 1 unspecified atom stereocenters. The van der Waals surface area contributed by atoms with Crippen molar-refractivity contribution in [3.05, 3.63) is 74.3 Å². The molecule has 0 aliphatic rings. The zero-order valence-electron chi connectivity index (χ0n) is 15.4. The van der Waals surface area contributed by atoms with Crippen LogP contribution in [-0.2, 0) is 9.53 Å². The highest BCUT2D eigenvalue weighted by molar-refractivity contribution is 6.33. The number of carbonyl (C=O) groups is 2. The van der Waals surface area contributed by atoms with Gasteiger partial charge in [-0.15, -0.1) is 0 Å². The Hall–Kier alpha value is -3.07. The number of nitrogens with one attached hydrogen (secondary N) is 1. The summed E-state index contributed by atoms with van der Waals surface area (Å²) in [5.41, 5.74) is -0.664. The van der Waals surface area contributed by atoms with Crippen molar-refractivity contribution in [1.29, 1.82) is 0 Å². The minimum Gasteiger partial charge on any atom is -0.463 e. The molecule has 0 fully saturated rings. The molecule has 0 aromatic heterocycles. The Kier molecular flexibility index (Phi) is 7.22. The van der Waals surface area contributed by atoms with Gasteiger partial charge in [-0.25, -0.2) is 8.78 Å². The van der Waals surface area contributed by atoms with Crippen LogP contribution in [0.4, 0.5) is 14.5 Å². The van der Waals surface area contributed by atoms with Crippen LogP contribution in [0, 0.1) is 21.7 Å². The molecule has 2 aromatic rings. The van der Waals surface area contributed by atoms with Crippen molar-refractivity contribution < 1.29 is 28.0 Å². The summed E-state index contributed by atoms with van der Waals surface area (Å²) in [4.78, 5) is 35.4. The Morgan fingerprint density at radius 1 is 1.21 bits per heavy atom. The molecule has 0 aliphatic heterocycles. The topological polar surface area (TPSA) is 98.5 Å². The van der Waals surface area contributed by atoms with Gasteiger partial charge >= 0.3 is 5.97 Å². The van der Waals surface area contributed by atoms with Crippen LogP contribution >= 0.6 is 11.6 Å². The first-order valence-electron chi connectivity index (χ1n) is 8.48. The quantitative estimate of drug-likeness (QED) is 0.307. The van der Waals surface area contributed by atoms with Crippen LogP contribution in [0.1, 0.15) is 42.2 Å². The Labute approximate surface area is 169 Å². The zero-order chi connectivity index (χ0) is 21.7. The molecule has 0 saturated carbocycles. The molecule has 2 rings (SSSR count). The van der Waals surface area contributed by atoms with Crippen molar-refractivity contribution in [3.8, 4) is 0 Å². The number of amides is 1. The van der Waals surface area contributed by atoms with Crippen LogP contribution in [0.15, 0.2) is 36.4 Å². The Balaban J connectivity index is 2.40. The highest BCUT2D eigenvalue weighted by Gasteiger charge is 2.28. The average molecular weight is 427 g/mol. The number of nitro benzene ring substituents is 1. The Bertz CT molecular complexity index is 952. The molecule has 1 N–H and O–H groups in total. The van der Waals surface area contributed by atoms with Gasteiger partial charge in [0.05, 0.1) is 39.6 Å². The van der Waals surface area contributed by atoms with Gasteiger partial charge in [0.2, 0.25) is 0 Å². The summed E-state index contributed by atoms with van der Waals surface area (Å²) < 4.78 is 31.8. The van der Waals surface area contributed by atoms with Gasteiger partial charge in [0.15, 0.2) is 11.6 Å². The summed E-state index contributed by atoms with van der Waals surface area (Å²) in [7, 11) is 0. The second kappa shape index (κ2) is 9.42. The normalized spacial score (nSPS) is 11.8. The minimum atomic E-state index is -1.29. The summed E-state index contributed by atoms with van der Waals surface area (Å²) in [6, 6.07) is 5.60. The van der Waals surface area contributed by atoms with E-state index in [9.17, 15) is 28.5 Å². The molecular weight excluding hydrogens is 410 g/mol. The molecule has 10 heteroatoms. The standard InChI is InChI=1S/C19H17ClF2N2O5/c1-10(2)29-18(25)9-16(11-5-3-4-6-17(11)24(27)28)23-19(26)12-7-14(21)15(22)8-13(12)20/h3-8,10,16H,9H2,1-2H3,(H,23,26). The number of nitrogens with zero attached hydrogens (tertiary/aromatic N) is 1. The van der Waals surface area contributed by atoms with E-state index >= 15 is 0 Å². The summed E-state index contributed by atoms with van der Waals surface area (Å²) in [5.74, 6) is -4.17. The number of carbonyl (C=O) groups excluding carboxylic acids is 2. The second-order valence-corrected chi connectivity index (χ2v) is 6.74.